The molecular formula is C23H28N2O4. The SMILES string of the molecule is COc1cccc(OC)c1C(=O)N1CCN(CC(=O)c2ccc(C)cc2C)CC1. The van der Waals surface area contributed by atoms with Crippen LogP contribution >= 0.6 is 0 Å². The van der Waals surface area contributed by atoms with Crippen LogP contribution in [0, 0.1) is 13.8 Å². The van der Waals surface area contributed by atoms with Crippen molar-refractivity contribution in [3.8, 4) is 11.5 Å². The fourth-order valence-electron chi connectivity index (χ4n) is 3.74. The van der Waals surface area contributed by atoms with Gasteiger partial charge in [-0.15, -0.1) is 0 Å². The number of methoxy groups -OCH3 is 2. The molecule has 3 rings (SSSR count). The Hall–Kier alpha value is -2.86. The fraction of sp³-hybridized carbons (Fsp3) is 0.391. The van der Waals surface area contributed by atoms with Crippen molar-refractivity contribution >= 4 is 11.7 Å². The van der Waals surface area contributed by atoms with Crippen LogP contribution in [0.25, 0.3) is 0 Å². The van der Waals surface area contributed by atoms with Crippen molar-refractivity contribution in [1.82, 2.24) is 9.80 Å². The maximum absolute atomic E-state index is 13.1. The zero-order valence-corrected chi connectivity index (χ0v) is 17.5. The molecule has 2 aromatic carbocycles. The molecule has 1 saturated heterocycles. The molecule has 6 nitrogen and oxygen atoms in total. The van der Waals surface area contributed by atoms with Gasteiger partial charge < -0.3 is 14.4 Å². The number of ether oxygens (including phenoxy) is 2. The van der Waals surface area contributed by atoms with E-state index < -0.39 is 0 Å². The molecule has 29 heavy (non-hydrogen) atoms. The summed E-state index contributed by atoms with van der Waals surface area (Å²) in [6.45, 7) is 6.77. The van der Waals surface area contributed by atoms with E-state index in [1.54, 1.807) is 37.3 Å². The van der Waals surface area contributed by atoms with E-state index >= 15 is 0 Å². The van der Waals surface area contributed by atoms with Crippen molar-refractivity contribution < 1.29 is 19.1 Å². The van der Waals surface area contributed by atoms with Crippen LogP contribution in [0.5, 0.6) is 11.5 Å². The number of piperazine rings is 1. The fourth-order valence-corrected chi connectivity index (χ4v) is 3.74. The topological polar surface area (TPSA) is 59.1 Å². The van der Waals surface area contributed by atoms with E-state index in [2.05, 4.69) is 4.90 Å². The number of nitrogens with zero attached hydrogens (tertiary/aromatic N) is 2. The van der Waals surface area contributed by atoms with Crippen LogP contribution in [0.4, 0.5) is 0 Å². The number of hydrogen-bond acceptors (Lipinski definition) is 5. The van der Waals surface area contributed by atoms with Gasteiger partial charge in [-0.05, 0) is 31.5 Å². The summed E-state index contributed by atoms with van der Waals surface area (Å²) in [5.74, 6) is 1.01. The number of carbonyl (C=O) groups is 2. The first kappa shape index (κ1) is 20.9. The maximum atomic E-state index is 13.1. The quantitative estimate of drug-likeness (QED) is 0.703. The van der Waals surface area contributed by atoms with E-state index in [1.165, 1.54) is 0 Å². The Morgan fingerprint density at radius 1 is 0.931 bits per heavy atom. The molecule has 1 aliphatic rings. The Morgan fingerprint density at radius 3 is 2.10 bits per heavy atom. The Bertz CT molecular complexity index is 879. The number of rotatable bonds is 6. The molecule has 1 amide bonds. The van der Waals surface area contributed by atoms with Crippen molar-refractivity contribution in [1.29, 1.82) is 0 Å². The highest BCUT2D eigenvalue weighted by Crippen LogP contribution is 2.29. The summed E-state index contributed by atoms with van der Waals surface area (Å²) in [5.41, 5.74) is 3.37. The number of aryl methyl sites for hydroxylation is 2. The van der Waals surface area contributed by atoms with Crippen LogP contribution in [0.15, 0.2) is 36.4 Å². The molecule has 0 N–H and O–H groups in total. The normalized spacial score (nSPS) is 14.6. The highest BCUT2D eigenvalue weighted by atomic mass is 16.5. The summed E-state index contributed by atoms with van der Waals surface area (Å²) in [5, 5.41) is 0. The van der Waals surface area contributed by atoms with E-state index in [1.807, 2.05) is 32.0 Å². The number of ketones is 1. The number of amides is 1. The number of carbonyl (C=O) groups excluding carboxylic acids is 2. The van der Waals surface area contributed by atoms with Crippen molar-refractivity contribution in [2.24, 2.45) is 0 Å². The van der Waals surface area contributed by atoms with Gasteiger partial charge in [0.1, 0.15) is 17.1 Å². The monoisotopic (exact) mass is 396 g/mol. The Balaban J connectivity index is 1.64. The lowest BCUT2D eigenvalue weighted by Gasteiger charge is -2.34. The average molecular weight is 396 g/mol. The standard InChI is InChI=1S/C23H28N2O4/c1-16-8-9-18(17(2)14-16)19(26)15-24-10-12-25(13-11-24)23(27)22-20(28-3)6-5-7-21(22)29-4/h5-9,14H,10-13,15H2,1-4H3. The zero-order valence-electron chi connectivity index (χ0n) is 17.5. The molecule has 0 aromatic heterocycles. The van der Waals surface area contributed by atoms with E-state index in [0.717, 1.165) is 16.7 Å². The Kier molecular flexibility index (Phi) is 6.54. The van der Waals surface area contributed by atoms with Gasteiger partial charge in [0.15, 0.2) is 5.78 Å². The van der Waals surface area contributed by atoms with Crippen molar-refractivity contribution in [3.63, 3.8) is 0 Å². The minimum Gasteiger partial charge on any atom is -0.496 e. The highest BCUT2D eigenvalue weighted by molar-refractivity contribution is 6.00. The van der Waals surface area contributed by atoms with Crippen molar-refractivity contribution in [2.75, 3.05) is 46.9 Å². The van der Waals surface area contributed by atoms with Gasteiger partial charge >= 0.3 is 0 Å². The summed E-state index contributed by atoms with van der Waals surface area (Å²) in [6.07, 6.45) is 0. The van der Waals surface area contributed by atoms with Crippen LogP contribution in [0.3, 0.4) is 0 Å². The average Bonchev–Trinajstić information content (AvgIpc) is 2.73. The van der Waals surface area contributed by atoms with Crippen molar-refractivity contribution in [3.05, 3.63) is 58.7 Å². The van der Waals surface area contributed by atoms with Gasteiger partial charge in [0, 0.05) is 31.7 Å². The first-order valence-electron chi connectivity index (χ1n) is 9.77. The minimum atomic E-state index is -0.111. The Morgan fingerprint density at radius 2 is 1.55 bits per heavy atom. The molecule has 6 heteroatoms. The smallest absolute Gasteiger partial charge is 0.261 e. The molecule has 1 heterocycles. The first-order valence-corrected chi connectivity index (χ1v) is 9.77. The molecule has 0 spiro atoms. The summed E-state index contributed by atoms with van der Waals surface area (Å²) >= 11 is 0. The molecular weight excluding hydrogens is 368 g/mol. The lowest BCUT2D eigenvalue weighted by molar-refractivity contribution is 0.0618. The van der Waals surface area contributed by atoms with E-state index in [4.69, 9.17) is 9.47 Å². The Labute approximate surface area is 172 Å². The molecule has 1 aliphatic heterocycles. The van der Waals surface area contributed by atoms with Crippen LogP contribution in [0.1, 0.15) is 31.8 Å². The molecule has 0 bridgehead atoms. The van der Waals surface area contributed by atoms with Gasteiger partial charge in [-0.3, -0.25) is 14.5 Å². The third kappa shape index (κ3) is 4.59. The van der Waals surface area contributed by atoms with Gasteiger partial charge in [-0.1, -0.05) is 29.8 Å². The molecule has 0 atom stereocenters. The van der Waals surface area contributed by atoms with Gasteiger partial charge in [0.05, 0.1) is 20.8 Å². The second kappa shape index (κ2) is 9.09. The van der Waals surface area contributed by atoms with Crippen LogP contribution < -0.4 is 9.47 Å². The van der Waals surface area contributed by atoms with Gasteiger partial charge in [0.2, 0.25) is 0 Å². The largest absolute Gasteiger partial charge is 0.496 e. The van der Waals surface area contributed by atoms with Crippen LogP contribution in [-0.4, -0.2) is 68.4 Å². The van der Waals surface area contributed by atoms with Crippen molar-refractivity contribution in [2.45, 2.75) is 13.8 Å². The molecule has 0 radical (unpaired) electrons. The van der Waals surface area contributed by atoms with Gasteiger partial charge in [-0.25, -0.2) is 0 Å². The third-order valence-electron chi connectivity index (χ3n) is 5.35. The lowest BCUT2D eigenvalue weighted by Crippen LogP contribution is -2.50. The second-order valence-corrected chi connectivity index (χ2v) is 7.35. The van der Waals surface area contributed by atoms with E-state index in [-0.39, 0.29) is 11.7 Å². The minimum absolute atomic E-state index is 0.111. The summed E-state index contributed by atoms with van der Waals surface area (Å²) in [7, 11) is 3.09. The van der Waals surface area contributed by atoms with E-state index in [9.17, 15) is 9.59 Å². The summed E-state index contributed by atoms with van der Waals surface area (Å²) in [4.78, 5) is 29.7. The van der Waals surface area contributed by atoms with E-state index in [0.29, 0.717) is 49.8 Å². The molecule has 0 aliphatic carbocycles. The van der Waals surface area contributed by atoms with Crippen LogP contribution in [-0.2, 0) is 0 Å². The lowest BCUT2D eigenvalue weighted by atomic mass is 10.0. The molecule has 1 fully saturated rings. The molecule has 0 saturated carbocycles. The maximum Gasteiger partial charge on any atom is 0.261 e. The van der Waals surface area contributed by atoms with Crippen LogP contribution in [0.2, 0.25) is 0 Å². The molecule has 2 aromatic rings. The summed E-state index contributed by atoms with van der Waals surface area (Å²) < 4.78 is 10.7. The predicted molar refractivity (Wildman–Crippen MR) is 112 cm³/mol. The van der Waals surface area contributed by atoms with Gasteiger partial charge in [0.25, 0.3) is 5.91 Å². The number of benzene rings is 2. The predicted octanol–water partition coefficient (Wildman–Crippen LogP) is 2.96. The zero-order chi connectivity index (χ0) is 21.0. The van der Waals surface area contributed by atoms with Gasteiger partial charge in [-0.2, -0.15) is 0 Å². The summed E-state index contributed by atoms with van der Waals surface area (Å²) in [6, 6.07) is 11.2. The number of hydrogen-bond donors (Lipinski definition) is 0. The first-order chi connectivity index (χ1) is 13.9. The second-order valence-electron chi connectivity index (χ2n) is 7.35. The molecule has 154 valence electrons. The highest BCUT2D eigenvalue weighted by Gasteiger charge is 2.27. The number of Topliss-reactive ketones (excluding diaryl/α,β-unsaturated/α-hetero) is 1. The third-order valence-corrected chi connectivity index (χ3v) is 5.35. The molecule has 0 unspecified atom stereocenters.